The van der Waals surface area contributed by atoms with Gasteiger partial charge in [0.25, 0.3) is 0 Å². The molecule has 4 rings (SSSR count). The number of hydrogen-bond acceptors (Lipinski definition) is 7. The van der Waals surface area contributed by atoms with E-state index in [9.17, 15) is 0 Å². The molecule has 22 heavy (non-hydrogen) atoms. The van der Waals surface area contributed by atoms with Gasteiger partial charge in [-0.2, -0.15) is 0 Å². The molecule has 2 unspecified atom stereocenters. The fourth-order valence-electron chi connectivity index (χ4n) is 3.42. The van der Waals surface area contributed by atoms with E-state index < -0.39 is 0 Å². The van der Waals surface area contributed by atoms with Gasteiger partial charge in [-0.15, -0.1) is 11.3 Å². The molecule has 3 aliphatic rings. The minimum Gasteiger partial charge on any atom is -0.379 e. The lowest BCUT2D eigenvalue weighted by molar-refractivity contribution is 0.132. The van der Waals surface area contributed by atoms with Gasteiger partial charge in [-0.05, 0) is 25.3 Å². The Hall–Kier alpha value is -1.73. The number of guanidine groups is 1. The van der Waals surface area contributed by atoms with Crippen LogP contribution in [0.2, 0.25) is 0 Å². The molecule has 3 atom stereocenters. The highest BCUT2D eigenvalue weighted by atomic mass is 32.1. The van der Waals surface area contributed by atoms with E-state index >= 15 is 0 Å². The van der Waals surface area contributed by atoms with Gasteiger partial charge < -0.3 is 15.4 Å². The number of nitrogens with zero attached hydrogens (tertiary/aromatic N) is 4. The third-order valence-corrected chi connectivity index (χ3v) is 5.43. The lowest BCUT2D eigenvalue weighted by atomic mass is 9.87. The predicted octanol–water partition coefficient (Wildman–Crippen LogP) is 1.71. The van der Waals surface area contributed by atoms with Crippen LogP contribution in [0.1, 0.15) is 24.6 Å². The number of allylic oxidation sites excluding steroid dienone is 1. The zero-order chi connectivity index (χ0) is 15.1. The Bertz CT molecular complexity index is 645. The van der Waals surface area contributed by atoms with E-state index in [-0.39, 0.29) is 12.1 Å². The van der Waals surface area contributed by atoms with E-state index in [0.717, 1.165) is 31.8 Å². The van der Waals surface area contributed by atoms with E-state index in [2.05, 4.69) is 33.0 Å². The highest BCUT2D eigenvalue weighted by Crippen LogP contribution is 2.38. The van der Waals surface area contributed by atoms with Crippen LogP contribution in [0.3, 0.4) is 0 Å². The van der Waals surface area contributed by atoms with Gasteiger partial charge >= 0.3 is 0 Å². The largest absolute Gasteiger partial charge is 0.379 e. The predicted molar refractivity (Wildman–Crippen MR) is 87.8 cm³/mol. The van der Waals surface area contributed by atoms with Crippen LogP contribution in [-0.2, 0) is 4.74 Å². The summed E-state index contributed by atoms with van der Waals surface area (Å²) in [6, 6.07) is 0.359. The maximum absolute atomic E-state index is 5.90. The van der Waals surface area contributed by atoms with Crippen molar-refractivity contribution < 1.29 is 4.74 Å². The molecule has 1 aromatic heterocycles. The van der Waals surface area contributed by atoms with Crippen molar-refractivity contribution in [2.24, 2.45) is 21.6 Å². The molecule has 116 valence electrons. The van der Waals surface area contributed by atoms with Crippen LogP contribution < -0.4 is 5.73 Å². The van der Waals surface area contributed by atoms with Crippen molar-refractivity contribution in [3.05, 3.63) is 22.8 Å². The topological polar surface area (TPSA) is 76.1 Å². The highest BCUT2D eigenvalue weighted by Gasteiger charge is 2.39. The minimum absolute atomic E-state index is 0.0425. The van der Waals surface area contributed by atoms with Crippen molar-refractivity contribution in [3.8, 4) is 0 Å². The smallest absolute Gasteiger partial charge is 0.217 e. The lowest BCUT2D eigenvalue weighted by Crippen LogP contribution is -2.49. The lowest BCUT2D eigenvalue weighted by Gasteiger charge is -2.42. The summed E-state index contributed by atoms with van der Waals surface area (Å²) >= 11 is 1.68. The fourth-order valence-corrected chi connectivity index (χ4v) is 4.07. The van der Waals surface area contributed by atoms with E-state index in [1.807, 2.05) is 11.7 Å². The summed E-state index contributed by atoms with van der Waals surface area (Å²) in [6.07, 6.45) is 6.18. The van der Waals surface area contributed by atoms with Crippen LogP contribution in [0, 0.1) is 5.92 Å². The molecule has 7 heteroatoms. The zero-order valence-electron chi connectivity index (χ0n) is 12.5. The molecule has 1 fully saturated rings. The Morgan fingerprint density at radius 2 is 2.36 bits per heavy atom. The molecule has 4 heterocycles. The standard InChI is InChI=1S/C15H19N5OS/c1-9-12-4-10(13-5-17-8-22-13)6-20(11-2-3-21-7-11)14(12)19-15(16)18-9/h5-6,8,11-12,14H,2-4,7H2,1H3,(H2,16,19)/t11-,12?,14?/m0/s1. The second kappa shape index (κ2) is 5.48. The van der Waals surface area contributed by atoms with Gasteiger partial charge in [0.2, 0.25) is 5.96 Å². The SMILES string of the molecule is CC1=NC(N)=NC2C1CC(c1cncs1)=CN2[C@H]1CCOC1. The average molecular weight is 317 g/mol. The van der Waals surface area contributed by atoms with Crippen LogP contribution in [0.25, 0.3) is 5.57 Å². The monoisotopic (exact) mass is 317 g/mol. The Labute approximate surface area is 133 Å². The maximum Gasteiger partial charge on any atom is 0.217 e. The normalized spacial score (nSPS) is 31.4. The summed E-state index contributed by atoms with van der Waals surface area (Å²) in [5.41, 5.74) is 10.1. The molecular formula is C15H19N5OS. The number of aliphatic imine (C=N–C) groups is 2. The minimum atomic E-state index is 0.0425. The summed E-state index contributed by atoms with van der Waals surface area (Å²) < 4.78 is 5.58. The van der Waals surface area contributed by atoms with Crippen molar-refractivity contribution in [2.45, 2.75) is 32.0 Å². The molecule has 1 saturated heterocycles. The van der Waals surface area contributed by atoms with Gasteiger partial charge in [0.05, 0.1) is 23.0 Å². The number of fused-ring (bicyclic) bond motifs is 1. The van der Waals surface area contributed by atoms with E-state index in [0.29, 0.717) is 12.0 Å². The summed E-state index contributed by atoms with van der Waals surface area (Å²) in [5, 5.41) is 0. The first-order valence-corrected chi connectivity index (χ1v) is 8.43. The number of thiazole rings is 1. The quantitative estimate of drug-likeness (QED) is 0.901. The van der Waals surface area contributed by atoms with Gasteiger partial charge in [0, 0.05) is 30.6 Å². The van der Waals surface area contributed by atoms with Crippen LogP contribution >= 0.6 is 11.3 Å². The molecule has 2 N–H and O–H groups in total. The second-order valence-electron chi connectivity index (χ2n) is 5.95. The molecule has 0 spiro atoms. The fraction of sp³-hybridized carbons (Fsp3) is 0.533. The van der Waals surface area contributed by atoms with Crippen LogP contribution in [0.15, 0.2) is 27.9 Å². The first-order valence-electron chi connectivity index (χ1n) is 7.55. The van der Waals surface area contributed by atoms with E-state index in [1.54, 1.807) is 11.3 Å². The van der Waals surface area contributed by atoms with E-state index in [4.69, 9.17) is 10.5 Å². The molecule has 0 saturated carbocycles. The van der Waals surface area contributed by atoms with Crippen molar-refractivity contribution in [1.82, 2.24) is 9.88 Å². The van der Waals surface area contributed by atoms with E-state index in [1.165, 1.54) is 10.5 Å². The Kier molecular flexibility index (Phi) is 3.46. The molecular weight excluding hydrogens is 298 g/mol. The van der Waals surface area contributed by atoms with Gasteiger partial charge in [0.1, 0.15) is 6.17 Å². The molecule has 6 nitrogen and oxygen atoms in total. The summed E-state index contributed by atoms with van der Waals surface area (Å²) in [5.74, 6) is 0.660. The number of rotatable bonds is 2. The summed E-state index contributed by atoms with van der Waals surface area (Å²) in [4.78, 5) is 16.8. The number of aromatic nitrogens is 1. The molecule has 0 radical (unpaired) electrons. The van der Waals surface area contributed by atoms with Crippen molar-refractivity contribution in [2.75, 3.05) is 13.2 Å². The van der Waals surface area contributed by atoms with Gasteiger partial charge in [-0.3, -0.25) is 4.98 Å². The molecule has 1 aromatic rings. The third kappa shape index (κ3) is 2.34. The van der Waals surface area contributed by atoms with Gasteiger partial charge in [-0.1, -0.05) is 0 Å². The highest BCUT2D eigenvalue weighted by molar-refractivity contribution is 7.10. The zero-order valence-corrected chi connectivity index (χ0v) is 13.3. The van der Waals surface area contributed by atoms with Crippen LogP contribution in [0.5, 0.6) is 0 Å². The van der Waals surface area contributed by atoms with Gasteiger partial charge in [0.15, 0.2) is 0 Å². The van der Waals surface area contributed by atoms with Crippen LogP contribution in [-0.4, -0.2) is 47.0 Å². The average Bonchev–Trinajstić information content (AvgIpc) is 3.20. The summed E-state index contributed by atoms with van der Waals surface area (Å²) in [7, 11) is 0. The Morgan fingerprint density at radius 3 is 3.09 bits per heavy atom. The molecule has 0 aromatic carbocycles. The number of nitrogens with two attached hydrogens (primary N) is 1. The van der Waals surface area contributed by atoms with Crippen molar-refractivity contribution >= 4 is 28.6 Å². The molecule has 0 bridgehead atoms. The first kappa shape index (κ1) is 13.9. The number of hydrogen-bond donors (Lipinski definition) is 1. The Morgan fingerprint density at radius 1 is 1.45 bits per heavy atom. The first-order chi connectivity index (χ1) is 10.7. The van der Waals surface area contributed by atoms with Crippen molar-refractivity contribution in [1.29, 1.82) is 0 Å². The maximum atomic E-state index is 5.90. The number of ether oxygens (including phenoxy) is 1. The van der Waals surface area contributed by atoms with Crippen LogP contribution in [0.4, 0.5) is 0 Å². The Balaban J connectivity index is 1.74. The molecule has 0 amide bonds. The van der Waals surface area contributed by atoms with Crippen molar-refractivity contribution in [3.63, 3.8) is 0 Å². The molecule has 3 aliphatic heterocycles. The summed E-state index contributed by atoms with van der Waals surface area (Å²) in [6.45, 7) is 3.62. The molecule has 0 aliphatic carbocycles. The third-order valence-electron chi connectivity index (χ3n) is 4.58. The second-order valence-corrected chi connectivity index (χ2v) is 6.84. The van der Waals surface area contributed by atoms with Gasteiger partial charge in [-0.25, -0.2) is 9.98 Å².